The Kier molecular flexibility index (Phi) is 2.96. The minimum absolute atomic E-state index is 0.0187. The molecule has 2 nitrogen and oxygen atoms in total. The van der Waals surface area contributed by atoms with Crippen molar-refractivity contribution in [2.45, 2.75) is 6.54 Å². The first-order valence-electron chi connectivity index (χ1n) is 6.11. The number of benzene rings is 2. The Bertz CT molecular complexity index is 828. The fourth-order valence-electron chi connectivity index (χ4n) is 2.27. The van der Waals surface area contributed by atoms with Gasteiger partial charge in [0, 0.05) is 11.8 Å². The van der Waals surface area contributed by atoms with Crippen LogP contribution in [0.3, 0.4) is 0 Å². The summed E-state index contributed by atoms with van der Waals surface area (Å²) >= 11 is 0. The molecule has 20 heavy (non-hydrogen) atoms. The lowest BCUT2D eigenvalue weighted by Crippen LogP contribution is -2.02. The highest BCUT2D eigenvalue weighted by Crippen LogP contribution is 2.20. The lowest BCUT2D eigenvalue weighted by Gasteiger charge is -2.07. The van der Waals surface area contributed by atoms with Crippen molar-refractivity contribution in [3.63, 3.8) is 0 Å². The van der Waals surface area contributed by atoms with Crippen molar-refractivity contribution < 1.29 is 8.78 Å². The molecule has 0 aliphatic heterocycles. The first-order valence-corrected chi connectivity index (χ1v) is 6.11. The fraction of sp³-hybridized carbons (Fsp3) is 0.0625. The predicted octanol–water partition coefficient (Wildman–Crippen LogP) is 3.84. The van der Waals surface area contributed by atoms with E-state index in [0.717, 1.165) is 5.39 Å². The molecule has 0 saturated carbocycles. The van der Waals surface area contributed by atoms with Crippen LogP contribution in [0, 0.1) is 23.0 Å². The maximum atomic E-state index is 14.0. The summed E-state index contributed by atoms with van der Waals surface area (Å²) in [5, 5.41) is 9.72. The number of nitrogens with zero attached hydrogens (tertiary/aromatic N) is 2. The van der Waals surface area contributed by atoms with Gasteiger partial charge in [-0.1, -0.05) is 12.1 Å². The molecule has 0 atom stereocenters. The monoisotopic (exact) mass is 268 g/mol. The molecule has 0 saturated heterocycles. The van der Waals surface area contributed by atoms with Crippen LogP contribution in [-0.4, -0.2) is 4.57 Å². The second-order valence-corrected chi connectivity index (χ2v) is 4.54. The Morgan fingerprint density at radius 2 is 1.95 bits per heavy atom. The first kappa shape index (κ1) is 12.4. The average molecular weight is 268 g/mol. The van der Waals surface area contributed by atoms with Crippen LogP contribution in [-0.2, 0) is 6.54 Å². The summed E-state index contributed by atoms with van der Waals surface area (Å²) in [6, 6.07) is 12.9. The van der Waals surface area contributed by atoms with Gasteiger partial charge in [0.05, 0.1) is 17.6 Å². The van der Waals surface area contributed by atoms with E-state index in [1.807, 2.05) is 12.1 Å². The van der Waals surface area contributed by atoms with Gasteiger partial charge >= 0.3 is 0 Å². The fourth-order valence-corrected chi connectivity index (χ4v) is 2.27. The van der Waals surface area contributed by atoms with Crippen LogP contribution in [0.4, 0.5) is 8.78 Å². The molecule has 0 unspecified atom stereocenters. The number of rotatable bonds is 2. The molecule has 0 amide bonds. The quantitative estimate of drug-likeness (QED) is 0.694. The molecule has 0 fully saturated rings. The third kappa shape index (κ3) is 2.04. The van der Waals surface area contributed by atoms with Gasteiger partial charge in [0.2, 0.25) is 0 Å². The third-order valence-electron chi connectivity index (χ3n) is 3.28. The number of hydrogen-bond donors (Lipinski definition) is 0. The molecule has 3 rings (SSSR count). The summed E-state index contributed by atoms with van der Waals surface area (Å²) in [6.07, 6.45) is 1.78. The molecule has 0 radical (unpaired) electrons. The smallest absolute Gasteiger partial charge is 0.145 e. The van der Waals surface area contributed by atoms with Crippen LogP contribution in [0.2, 0.25) is 0 Å². The van der Waals surface area contributed by atoms with Gasteiger partial charge in [-0.25, -0.2) is 8.78 Å². The van der Waals surface area contributed by atoms with E-state index in [-0.39, 0.29) is 17.9 Å². The van der Waals surface area contributed by atoms with Crippen LogP contribution in [0.15, 0.2) is 48.7 Å². The Morgan fingerprint density at radius 3 is 2.75 bits per heavy atom. The zero-order valence-electron chi connectivity index (χ0n) is 10.5. The number of halogens is 2. The predicted molar refractivity (Wildman–Crippen MR) is 72.1 cm³/mol. The average Bonchev–Trinajstić information content (AvgIpc) is 2.83. The molecule has 98 valence electrons. The van der Waals surface area contributed by atoms with Crippen molar-refractivity contribution in [2.75, 3.05) is 0 Å². The van der Waals surface area contributed by atoms with E-state index in [4.69, 9.17) is 5.26 Å². The van der Waals surface area contributed by atoms with Crippen molar-refractivity contribution >= 4 is 10.9 Å². The normalized spacial score (nSPS) is 10.7. The maximum absolute atomic E-state index is 14.0. The zero-order valence-corrected chi connectivity index (χ0v) is 10.5. The van der Waals surface area contributed by atoms with Gasteiger partial charge in [0.25, 0.3) is 0 Å². The van der Waals surface area contributed by atoms with E-state index in [9.17, 15) is 8.78 Å². The van der Waals surface area contributed by atoms with E-state index in [0.29, 0.717) is 11.1 Å². The molecule has 0 bridgehead atoms. The largest absolute Gasteiger partial charge is 0.343 e. The molecule has 4 heteroatoms. The summed E-state index contributed by atoms with van der Waals surface area (Å²) in [5.41, 5.74) is 1.13. The van der Waals surface area contributed by atoms with Gasteiger partial charge in [0.1, 0.15) is 17.7 Å². The van der Waals surface area contributed by atoms with E-state index >= 15 is 0 Å². The molecule has 0 aliphatic carbocycles. The van der Waals surface area contributed by atoms with Crippen molar-refractivity contribution in [1.82, 2.24) is 4.57 Å². The molecule has 0 spiro atoms. The SMILES string of the molecule is N#Cc1cccc(Cn2ccc3ccc(F)cc32)c1F. The lowest BCUT2D eigenvalue weighted by atomic mass is 10.1. The number of hydrogen-bond acceptors (Lipinski definition) is 1. The van der Waals surface area contributed by atoms with Crippen LogP contribution in [0.1, 0.15) is 11.1 Å². The third-order valence-corrected chi connectivity index (χ3v) is 3.28. The first-order chi connectivity index (χ1) is 9.69. The van der Waals surface area contributed by atoms with Crippen molar-refractivity contribution in [3.8, 4) is 6.07 Å². The number of nitriles is 1. The zero-order chi connectivity index (χ0) is 14.1. The standard InChI is InChI=1S/C16H10F2N2/c17-14-5-4-11-6-7-20(15(11)8-14)10-13-3-1-2-12(9-19)16(13)18/h1-8H,10H2. The number of aromatic nitrogens is 1. The maximum Gasteiger partial charge on any atom is 0.145 e. The van der Waals surface area contributed by atoms with E-state index in [2.05, 4.69) is 0 Å². The second-order valence-electron chi connectivity index (χ2n) is 4.54. The van der Waals surface area contributed by atoms with Crippen LogP contribution in [0.25, 0.3) is 10.9 Å². The lowest BCUT2D eigenvalue weighted by molar-refractivity contribution is 0.598. The van der Waals surface area contributed by atoms with E-state index in [1.165, 1.54) is 18.2 Å². The van der Waals surface area contributed by atoms with Crippen molar-refractivity contribution in [2.24, 2.45) is 0 Å². The Balaban J connectivity index is 2.06. The van der Waals surface area contributed by atoms with Gasteiger partial charge in [-0.05, 0) is 35.7 Å². The highest BCUT2D eigenvalue weighted by atomic mass is 19.1. The summed E-state index contributed by atoms with van der Waals surface area (Å²) in [6.45, 7) is 0.258. The molecular formula is C16H10F2N2. The Morgan fingerprint density at radius 1 is 1.10 bits per heavy atom. The summed E-state index contributed by atoms with van der Waals surface area (Å²) < 4.78 is 29.1. The highest BCUT2D eigenvalue weighted by molar-refractivity contribution is 5.80. The molecular weight excluding hydrogens is 258 g/mol. The molecule has 0 aliphatic rings. The van der Waals surface area contributed by atoms with Crippen molar-refractivity contribution in [1.29, 1.82) is 5.26 Å². The minimum Gasteiger partial charge on any atom is -0.343 e. The second kappa shape index (κ2) is 4.78. The molecule has 2 aromatic carbocycles. The van der Waals surface area contributed by atoms with Gasteiger partial charge < -0.3 is 4.57 Å². The molecule has 1 aromatic heterocycles. The Labute approximate surface area is 114 Å². The topological polar surface area (TPSA) is 28.7 Å². The summed E-state index contributed by atoms with van der Waals surface area (Å²) in [7, 11) is 0. The minimum atomic E-state index is -0.520. The Hall–Kier alpha value is -2.67. The van der Waals surface area contributed by atoms with Crippen LogP contribution in [0.5, 0.6) is 0 Å². The number of fused-ring (bicyclic) bond motifs is 1. The van der Waals surface area contributed by atoms with Crippen LogP contribution >= 0.6 is 0 Å². The van der Waals surface area contributed by atoms with E-state index < -0.39 is 5.82 Å². The molecule has 1 heterocycles. The van der Waals surface area contributed by atoms with Gasteiger partial charge in [-0.3, -0.25) is 0 Å². The molecule has 0 N–H and O–H groups in total. The van der Waals surface area contributed by atoms with Gasteiger partial charge in [-0.15, -0.1) is 0 Å². The van der Waals surface area contributed by atoms with Crippen LogP contribution < -0.4 is 0 Å². The van der Waals surface area contributed by atoms with Gasteiger partial charge in [-0.2, -0.15) is 5.26 Å². The van der Waals surface area contributed by atoms with Gasteiger partial charge in [0.15, 0.2) is 0 Å². The van der Waals surface area contributed by atoms with E-state index in [1.54, 1.807) is 29.0 Å². The van der Waals surface area contributed by atoms with Crippen molar-refractivity contribution in [3.05, 3.63) is 71.4 Å². The summed E-state index contributed by atoms with van der Waals surface area (Å²) in [5.74, 6) is -0.850. The highest BCUT2D eigenvalue weighted by Gasteiger charge is 2.09. The molecule has 3 aromatic rings. The summed E-state index contributed by atoms with van der Waals surface area (Å²) in [4.78, 5) is 0.